The number of carbonyl (C=O) groups is 2. The molecule has 2 nitrogen and oxygen atoms in total. The fourth-order valence-corrected chi connectivity index (χ4v) is 10.2. The van der Waals surface area contributed by atoms with Crippen molar-refractivity contribution >= 4 is 22.5 Å². The molecule has 2 rings (SSSR count). The van der Waals surface area contributed by atoms with Crippen LogP contribution >= 0.6 is 0 Å². The van der Waals surface area contributed by atoms with Crippen LogP contribution in [-0.2, 0) is 0 Å². The summed E-state index contributed by atoms with van der Waals surface area (Å²) in [5.41, 5.74) is 3.63. The average Bonchev–Trinajstić information content (AvgIpc) is 2.57. The van der Waals surface area contributed by atoms with Gasteiger partial charge in [-0.1, -0.05) is 0 Å². The Balaban J connectivity index is 2.45. The first-order chi connectivity index (χ1) is 10.9. The van der Waals surface area contributed by atoms with Gasteiger partial charge in [0.25, 0.3) is 0 Å². The van der Waals surface area contributed by atoms with Crippen LogP contribution in [0.3, 0.4) is 0 Å². The molecule has 3 heteroatoms. The Morgan fingerprint density at radius 1 is 0.696 bits per heavy atom. The van der Waals surface area contributed by atoms with Gasteiger partial charge in [0.05, 0.1) is 0 Å². The number of rotatable bonds is 6. The molecule has 0 aromatic heterocycles. The van der Waals surface area contributed by atoms with E-state index in [1.807, 2.05) is 76.2 Å². The molecule has 0 fully saturated rings. The van der Waals surface area contributed by atoms with E-state index in [2.05, 4.69) is 0 Å². The summed E-state index contributed by atoms with van der Waals surface area (Å²) >= 11 is -3.36. The van der Waals surface area contributed by atoms with Crippen LogP contribution in [0.5, 0.6) is 0 Å². The van der Waals surface area contributed by atoms with Crippen LogP contribution in [0.1, 0.15) is 45.7 Å². The van der Waals surface area contributed by atoms with E-state index in [0.29, 0.717) is 21.6 Å². The van der Waals surface area contributed by atoms with E-state index in [4.69, 9.17) is 0 Å². The zero-order chi connectivity index (χ0) is 17.0. The topological polar surface area (TPSA) is 34.1 Å². The molecule has 0 saturated carbocycles. The fraction of sp³-hybridized carbons (Fsp3) is 0.300. The van der Waals surface area contributed by atoms with Crippen LogP contribution in [0.25, 0.3) is 0 Å². The average molecular weight is 369 g/mol. The third-order valence-electron chi connectivity index (χ3n) is 4.70. The summed E-state index contributed by atoms with van der Waals surface area (Å²) in [5, 5.41) is 1.38. The molecule has 0 aliphatic heterocycles. The Morgan fingerprint density at radius 2 is 1.00 bits per heavy atom. The maximum atomic E-state index is 13.2. The van der Waals surface area contributed by atoms with Crippen molar-refractivity contribution in [3.63, 3.8) is 0 Å². The van der Waals surface area contributed by atoms with Crippen molar-refractivity contribution in [2.24, 2.45) is 0 Å². The quantitative estimate of drug-likeness (QED) is 0.677. The molecule has 0 aliphatic carbocycles. The van der Waals surface area contributed by atoms with Crippen molar-refractivity contribution < 1.29 is 9.59 Å². The van der Waals surface area contributed by atoms with Crippen LogP contribution < -0.4 is 0 Å². The second-order valence-electron chi connectivity index (χ2n) is 6.18. The van der Waals surface area contributed by atoms with Crippen molar-refractivity contribution in [1.82, 2.24) is 0 Å². The standard InChI is InChI=1S/C20H24GeO2/c1-5-21(6-2,19(22)17-11-7-15(3)8-12-17)20(23)18-13-9-16(4)10-14-18/h7-14H,5-6H2,1-4H3. The van der Waals surface area contributed by atoms with Crippen molar-refractivity contribution in [3.05, 3.63) is 70.8 Å². The number of carbonyl (C=O) groups excluding carboxylic acids is 2. The van der Waals surface area contributed by atoms with Crippen molar-refractivity contribution in [1.29, 1.82) is 0 Å². The molecule has 0 unspecified atom stereocenters. The molecule has 23 heavy (non-hydrogen) atoms. The van der Waals surface area contributed by atoms with Gasteiger partial charge >= 0.3 is 141 Å². The first-order valence-electron chi connectivity index (χ1n) is 8.17. The number of aryl methyl sites for hydroxylation is 2. The Bertz CT molecular complexity index is 636. The summed E-state index contributed by atoms with van der Waals surface area (Å²) in [7, 11) is 0. The van der Waals surface area contributed by atoms with Gasteiger partial charge in [0.1, 0.15) is 0 Å². The fourth-order valence-electron chi connectivity index (χ4n) is 2.96. The molecule has 0 N–H and O–H groups in total. The minimum atomic E-state index is -3.36. The predicted molar refractivity (Wildman–Crippen MR) is 97.7 cm³/mol. The molecule has 0 heterocycles. The minimum absolute atomic E-state index is 0.112. The predicted octanol–water partition coefficient (Wildman–Crippen LogP) is 4.94. The molecule has 0 aliphatic rings. The normalized spacial score (nSPS) is 11.3. The molecule has 0 bridgehead atoms. The van der Waals surface area contributed by atoms with Crippen LogP contribution in [0.2, 0.25) is 10.5 Å². The van der Waals surface area contributed by atoms with Crippen molar-refractivity contribution in [3.8, 4) is 0 Å². The van der Waals surface area contributed by atoms with Gasteiger partial charge in [-0.25, -0.2) is 0 Å². The zero-order valence-corrected chi connectivity index (χ0v) is 16.4. The van der Waals surface area contributed by atoms with Crippen molar-refractivity contribution in [2.45, 2.75) is 38.2 Å². The third-order valence-corrected chi connectivity index (χ3v) is 14.6. The molecular weight excluding hydrogens is 345 g/mol. The summed E-state index contributed by atoms with van der Waals surface area (Å²) in [5.74, 6) is 0. The summed E-state index contributed by atoms with van der Waals surface area (Å²) in [4.78, 5) is 26.4. The van der Waals surface area contributed by atoms with Gasteiger partial charge in [0.2, 0.25) is 0 Å². The molecule has 0 atom stereocenters. The van der Waals surface area contributed by atoms with E-state index >= 15 is 0 Å². The van der Waals surface area contributed by atoms with E-state index in [-0.39, 0.29) is 9.23 Å². The van der Waals surface area contributed by atoms with Crippen LogP contribution in [-0.4, -0.2) is 22.5 Å². The Kier molecular flexibility index (Phi) is 5.58. The Hall–Kier alpha value is -1.68. The molecule has 0 radical (unpaired) electrons. The first-order valence-corrected chi connectivity index (χ1v) is 13.2. The van der Waals surface area contributed by atoms with Gasteiger partial charge < -0.3 is 0 Å². The molecular formula is C20H24GeO2. The van der Waals surface area contributed by atoms with E-state index in [9.17, 15) is 9.59 Å². The van der Waals surface area contributed by atoms with Crippen LogP contribution in [0.15, 0.2) is 48.5 Å². The van der Waals surface area contributed by atoms with Crippen molar-refractivity contribution in [2.75, 3.05) is 0 Å². The van der Waals surface area contributed by atoms with E-state index < -0.39 is 13.3 Å². The van der Waals surface area contributed by atoms with Gasteiger partial charge in [0.15, 0.2) is 0 Å². The Morgan fingerprint density at radius 3 is 1.26 bits per heavy atom. The second kappa shape index (κ2) is 7.26. The number of hydrogen-bond acceptors (Lipinski definition) is 2. The van der Waals surface area contributed by atoms with Gasteiger partial charge in [0, 0.05) is 0 Å². The Labute approximate surface area is 141 Å². The second-order valence-corrected chi connectivity index (χ2v) is 15.6. The molecule has 2 aromatic rings. The van der Waals surface area contributed by atoms with Crippen LogP contribution in [0, 0.1) is 13.8 Å². The number of benzene rings is 2. The van der Waals surface area contributed by atoms with Gasteiger partial charge in [-0.3, -0.25) is 0 Å². The summed E-state index contributed by atoms with van der Waals surface area (Å²) in [6.07, 6.45) is 0. The maximum absolute atomic E-state index is 13.2. The molecule has 0 amide bonds. The third kappa shape index (κ3) is 3.47. The van der Waals surface area contributed by atoms with Crippen LogP contribution in [0.4, 0.5) is 0 Å². The van der Waals surface area contributed by atoms with E-state index in [0.717, 1.165) is 11.1 Å². The van der Waals surface area contributed by atoms with Gasteiger partial charge in [-0.05, 0) is 0 Å². The molecule has 2 aromatic carbocycles. The molecule has 120 valence electrons. The zero-order valence-electron chi connectivity index (χ0n) is 14.3. The van der Waals surface area contributed by atoms with E-state index in [1.165, 1.54) is 0 Å². The number of hydrogen-bond donors (Lipinski definition) is 0. The SMILES string of the molecule is C[CH2][Ge]([CH2]C)([C](=O)c1ccc(C)cc1)[C](=O)c1ccc(C)cc1. The van der Waals surface area contributed by atoms with E-state index in [1.54, 1.807) is 0 Å². The molecule has 0 saturated heterocycles. The summed E-state index contributed by atoms with van der Waals surface area (Å²) in [6, 6.07) is 15.3. The summed E-state index contributed by atoms with van der Waals surface area (Å²) in [6.45, 7) is 8.00. The van der Waals surface area contributed by atoms with Gasteiger partial charge in [-0.15, -0.1) is 0 Å². The first kappa shape index (κ1) is 17.7. The summed E-state index contributed by atoms with van der Waals surface area (Å²) < 4.78 is 0.223. The van der Waals surface area contributed by atoms with Gasteiger partial charge in [-0.2, -0.15) is 0 Å². The molecule has 0 spiro atoms. The monoisotopic (exact) mass is 370 g/mol.